The van der Waals surface area contributed by atoms with Crippen molar-refractivity contribution in [2.45, 2.75) is 39.0 Å². The summed E-state index contributed by atoms with van der Waals surface area (Å²) in [4.78, 5) is 17.8. The van der Waals surface area contributed by atoms with E-state index in [-0.39, 0.29) is 11.3 Å². The summed E-state index contributed by atoms with van der Waals surface area (Å²) in [5, 5.41) is 0. The first-order chi connectivity index (χ1) is 14.1. The van der Waals surface area contributed by atoms with Crippen molar-refractivity contribution in [3.8, 4) is 11.5 Å². The molecule has 0 radical (unpaired) electrons. The van der Waals surface area contributed by atoms with Crippen molar-refractivity contribution in [3.63, 3.8) is 0 Å². The molecule has 0 bridgehead atoms. The number of benzene rings is 1. The van der Waals surface area contributed by atoms with Gasteiger partial charge in [0.15, 0.2) is 11.5 Å². The first kappa shape index (κ1) is 20.5. The third kappa shape index (κ3) is 4.86. The van der Waals surface area contributed by atoms with Crippen molar-refractivity contribution >= 4 is 5.91 Å². The van der Waals surface area contributed by atoms with E-state index in [1.165, 1.54) is 5.56 Å². The summed E-state index contributed by atoms with van der Waals surface area (Å²) in [6.45, 7) is 8.12. The molecule has 0 saturated carbocycles. The Balaban J connectivity index is 1.33. The lowest BCUT2D eigenvalue weighted by molar-refractivity contribution is -0.140. The number of likely N-dealkylation sites (tertiary alicyclic amines) is 2. The fourth-order valence-electron chi connectivity index (χ4n) is 5.07. The van der Waals surface area contributed by atoms with E-state index in [2.05, 4.69) is 28.9 Å². The minimum atomic E-state index is 0.112. The molecule has 3 heterocycles. The number of fused-ring (bicyclic) bond motifs is 1. The van der Waals surface area contributed by atoms with Gasteiger partial charge in [0.05, 0.1) is 6.61 Å². The molecule has 2 saturated heterocycles. The maximum absolute atomic E-state index is 13.2. The summed E-state index contributed by atoms with van der Waals surface area (Å²) in [6.07, 6.45) is 5.14. The van der Waals surface area contributed by atoms with Gasteiger partial charge in [0.25, 0.3) is 0 Å². The van der Waals surface area contributed by atoms with Crippen LogP contribution in [-0.4, -0.2) is 68.9 Å². The fourth-order valence-corrected chi connectivity index (χ4v) is 5.07. The molecule has 29 heavy (non-hydrogen) atoms. The molecule has 1 unspecified atom stereocenters. The highest BCUT2D eigenvalue weighted by atomic mass is 16.7. The number of methoxy groups -OCH3 is 1. The summed E-state index contributed by atoms with van der Waals surface area (Å²) in [5.74, 6) is 2.22. The SMILES string of the molecule is COCCN1CCC(C(=O)N2CCCC(C)(Cc3ccc4c(c3)OCO4)C2)CC1. The van der Waals surface area contributed by atoms with Crippen LogP contribution < -0.4 is 9.47 Å². The number of ether oxygens (including phenoxy) is 3. The van der Waals surface area contributed by atoms with Crippen molar-refractivity contribution in [2.75, 3.05) is 53.2 Å². The molecule has 3 aliphatic rings. The van der Waals surface area contributed by atoms with E-state index in [9.17, 15) is 4.79 Å². The Morgan fingerprint density at radius 2 is 2.00 bits per heavy atom. The molecule has 0 aliphatic carbocycles. The predicted molar refractivity (Wildman–Crippen MR) is 111 cm³/mol. The van der Waals surface area contributed by atoms with Crippen LogP contribution in [0.4, 0.5) is 0 Å². The minimum absolute atomic E-state index is 0.112. The molecule has 1 aromatic rings. The first-order valence-electron chi connectivity index (χ1n) is 10.9. The van der Waals surface area contributed by atoms with Gasteiger partial charge in [-0.15, -0.1) is 0 Å². The molecule has 160 valence electrons. The molecular weight excluding hydrogens is 368 g/mol. The van der Waals surface area contributed by atoms with Crippen molar-refractivity contribution < 1.29 is 19.0 Å². The zero-order valence-electron chi connectivity index (χ0n) is 17.8. The Hall–Kier alpha value is -1.79. The van der Waals surface area contributed by atoms with Crippen LogP contribution in [0.3, 0.4) is 0 Å². The second kappa shape index (κ2) is 8.92. The van der Waals surface area contributed by atoms with E-state index in [0.29, 0.717) is 12.7 Å². The van der Waals surface area contributed by atoms with Crippen molar-refractivity contribution in [1.29, 1.82) is 0 Å². The molecule has 0 N–H and O–H groups in total. The number of hydrogen-bond donors (Lipinski definition) is 0. The molecule has 2 fully saturated rings. The second-order valence-corrected chi connectivity index (χ2v) is 9.15. The zero-order chi connectivity index (χ0) is 20.3. The molecular formula is C23H34N2O4. The van der Waals surface area contributed by atoms with Gasteiger partial charge in [-0.3, -0.25) is 4.79 Å². The summed E-state index contributed by atoms with van der Waals surface area (Å²) in [5.41, 5.74) is 1.37. The van der Waals surface area contributed by atoms with Gasteiger partial charge in [-0.25, -0.2) is 0 Å². The predicted octanol–water partition coefficient (Wildman–Crippen LogP) is 2.94. The molecule has 4 rings (SSSR count). The van der Waals surface area contributed by atoms with Crippen molar-refractivity contribution in [3.05, 3.63) is 23.8 Å². The average molecular weight is 403 g/mol. The van der Waals surface area contributed by atoms with Crippen LogP contribution in [0.1, 0.15) is 38.2 Å². The van der Waals surface area contributed by atoms with Crippen LogP contribution in [0.15, 0.2) is 18.2 Å². The monoisotopic (exact) mass is 402 g/mol. The van der Waals surface area contributed by atoms with Crippen LogP contribution in [0.25, 0.3) is 0 Å². The Labute approximate surface area is 174 Å². The Kier molecular flexibility index (Phi) is 6.30. The van der Waals surface area contributed by atoms with E-state index >= 15 is 0 Å². The van der Waals surface area contributed by atoms with Gasteiger partial charge in [-0.05, 0) is 68.3 Å². The molecule has 0 aromatic heterocycles. The zero-order valence-corrected chi connectivity index (χ0v) is 17.8. The first-order valence-corrected chi connectivity index (χ1v) is 10.9. The van der Waals surface area contributed by atoms with Gasteiger partial charge >= 0.3 is 0 Å². The number of piperidine rings is 2. The summed E-state index contributed by atoms with van der Waals surface area (Å²) >= 11 is 0. The summed E-state index contributed by atoms with van der Waals surface area (Å²) in [6, 6.07) is 6.24. The van der Waals surface area contributed by atoms with Gasteiger partial charge in [0, 0.05) is 32.7 Å². The standard InChI is InChI=1S/C23H34N2O4/c1-23(15-18-4-5-20-21(14-18)29-17-28-20)8-3-9-25(16-23)22(26)19-6-10-24(11-7-19)12-13-27-2/h4-5,14,19H,3,6-13,15-17H2,1-2H3. The molecule has 1 aromatic carbocycles. The number of hydrogen-bond acceptors (Lipinski definition) is 5. The maximum Gasteiger partial charge on any atom is 0.231 e. The lowest BCUT2D eigenvalue weighted by atomic mass is 9.76. The Morgan fingerprint density at radius 1 is 1.21 bits per heavy atom. The average Bonchev–Trinajstić information content (AvgIpc) is 3.19. The Bertz CT molecular complexity index is 717. The maximum atomic E-state index is 13.2. The molecule has 1 amide bonds. The van der Waals surface area contributed by atoms with E-state index in [0.717, 1.165) is 82.9 Å². The van der Waals surface area contributed by atoms with Crippen LogP contribution in [0.2, 0.25) is 0 Å². The molecule has 6 nitrogen and oxygen atoms in total. The lowest BCUT2D eigenvalue weighted by Crippen LogP contribution is -2.49. The normalized spacial score (nSPS) is 25.4. The molecule has 6 heteroatoms. The van der Waals surface area contributed by atoms with E-state index < -0.39 is 0 Å². The smallest absolute Gasteiger partial charge is 0.231 e. The van der Waals surface area contributed by atoms with Crippen LogP contribution in [0.5, 0.6) is 11.5 Å². The van der Waals surface area contributed by atoms with Crippen LogP contribution in [-0.2, 0) is 16.0 Å². The second-order valence-electron chi connectivity index (χ2n) is 9.15. The highest BCUT2D eigenvalue weighted by molar-refractivity contribution is 5.79. The van der Waals surface area contributed by atoms with Crippen LogP contribution >= 0.6 is 0 Å². The van der Waals surface area contributed by atoms with Gasteiger partial charge in [0.1, 0.15) is 0 Å². The highest BCUT2D eigenvalue weighted by Gasteiger charge is 2.36. The van der Waals surface area contributed by atoms with Crippen LogP contribution in [0, 0.1) is 11.3 Å². The van der Waals surface area contributed by atoms with Gasteiger partial charge in [-0.2, -0.15) is 0 Å². The topological polar surface area (TPSA) is 51.2 Å². The van der Waals surface area contributed by atoms with E-state index in [4.69, 9.17) is 14.2 Å². The summed E-state index contributed by atoms with van der Waals surface area (Å²) < 4.78 is 16.1. The number of carbonyl (C=O) groups is 1. The lowest BCUT2D eigenvalue weighted by Gasteiger charge is -2.43. The minimum Gasteiger partial charge on any atom is -0.454 e. The van der Waals surface area contributed by atoms with Gasteiger partial charge < -0.3 is 24.0 Å². The summed E-state index contributed by atoms with van der Waals surface area (Å²) in [7, 11) is 1.74. The van der Waals surface area contributed by atoms with E-state index in [1.54, 1.807) is 7.11 Å². The van der Waals surface area contributed by atoms with E-state index in [1.807, 2.05) is 6.07 Å². The molecule has 1 atom stereocenters. The van der Waals surface area contributed by atoms with Crippen molar-refractivity contribution in [2.24, 2.45) is 11.3 Å². The largest absolute Gasteiger partial charge is 0.454 e. The van der Waals surface area contributed by atoms with Gasteiger partial charge in [0.2, 0.25) is 12.7 Å². The quantitative estimate of drug-likeness (QED) is 0.732. The fraction of sp³-hybridized carbons (Fsp3) is 0.696. The third-order valence-electron chi connectivity index (χ3n) is 6.71. The number of amides is 1. The molecule has 3 aliphatic heterocycles. The third-order valence-corrected chi connectivity index (χ3v) is 6.71. The Morgan fingerprint density at radius 3 is 2.79 bits per heavy atom. The highest BCUT2D eigenvalue weighted by Crippen LogP contribution is 2.38. The van der Waals surface area contributed by atoms with Crippen molar-refractivity contribution in [1.82, 2.24) is 9.80 Å². The number of carbonyl (C=O) groups excluding carboxylic acids is 1. The number of nitrogens with zero attached hydrogens (tertiary/aromatic N) is 2. The molecule has 0 spiro atoms. The van der Waals surface area contributed by atoms with Gasteiger partial charge in [-0.1, -0.05) is 13.0 Å². The number of rotatable bonds is 6.